The summed E-state index contributed by atoms with van der Waals surface area (Å²) < 4.78 is 4.59. The second-order valence-corrected chi connectivity index (χ2v) is 23.6. The Labute approximate surface area is 447 Å². The molecule has 360 valence electrons. The maximum absolute atomic E-state index is 5.34. The largest absolute Gasteiger partial charge is 0.309 e. The average Bonchev–Trinajstić information content (AvgIpc) is 4.27. The van der Waals surface area contributed by atoms with Gasteiger partial charge in [0.1, 0.15) is 5.82 Å². The lowest BCUT2D eigenvalue weighted by Crippen LogP contribution is -2.72. The van der Waals surface area contributed by atoms with Crippen molar-refractivity contribution in [2.75, 3.05) is 0 Å². The Morgan fingerprint density at radius 1 is 0.286 bits per heavy atom. The first-order chi connectivity index (χ1) is 38.2. The highest BCUT2D eigenvalue weighted by molar-refractivity contribution is 7.22. The van der Waals surface area contributed by atoms with Gasteiger partial charge < -0.3 is 4.57 Å². The van der Waals surface area contributed by atoms with Crippen LogP contribution in [0.25, 0.3) is 112 Å². The van der Waals surface area contributed by atoms with Crippen LogP contribution < -0.4 is 20.7 Å². The van der Waals surface area contributed by atoms with Crippen molar-refractivity contribution in [2.24, 2.45) is 0 Å². The molecule has 14 aromatic rings. The number of nitrogens with zero attached hydrogens (tertiary/aromatic N) is 5. The van der Waals surface area contributed by atoms with E-state index in [1.807, 2.05) is 12.1 Å². The summed E-state index contributed by atoms with van der Waals surface area (Å²) >= 11 is 0. The number of rotatable bonds is 9. The molecule has 5 nitrogen and oxygen atoms in total. The number of fused-ring (bicyclic) bond motifs is 7. The molecule has 0 radical (unpaired) electrons. The Morgan fingerprint density at radius 2 is 0.753 bits per heavy atom. The number of hydrogen-bond acceptors (Lipinski definition) is 3. The molecule has 3 aromatic heterocycles. The van der Waals surface area contributed by atoms with Crippen LogP contribution in [-0.4, -0.2) is 32.2 Å². The molecule has 0 saturated heterocycles. The van der Waals surface area contributed by atoms with E-state index in [9.17, 15) is 0 Å². The van der Waals surface area contributed by atoms with E-state index in [1.54, 1.807) is 0 Å². The lowest BCUT2D eigenvalue weighted by molar-refractivity contribution is 1.10. The van der Waals surface area contributed by atoms with Crippen LogP contribution in [-0.2, 0) is 0 Å². The monoisotopic (exact) mass is 997 g/mol. The van der Waals surface area contributed by atoms with Gasteiger partial charge in [0.2, 0.25) is 0 Å². The predicted octanol–water partition coefficient (Wildman–Crippen LogP) is 14.6. The molecule has 0 bridgehead atoms. The standard InChI is InChI=1S/C71H47N5Si/c1-4-18-54(19-5-1)76-67-30-16-13-27-62(67)74-71(76)52-38-36-51(37-39-52)70-72-63(47-64(73-70)50-40-43-55(44-41-50)75-65-28-14-10-24-58(65)59-25-11-15-29-66(59)75)49-34-32-48(33-35-49)53-42-45-69-61(46-53)60-26-12-17-31-68(60)77(69,56-20-6-2-7-21-56)57-22-8-3-9-23-57/h1-47H. The van der Waals surface area contributed by atoms with Gasteiger partial charge in [-0.3, -0.25) is 4.57 Å². The van der Waals surface area contributed by atoms with Gasteiger partial charge in [0, 0.05) is 44.4 Å². The van der Waals surface area contributed by atoms with E-state index in [4.69, 9.17) is 15.0 Å². The van der Waals surface area contributed by atoms with Crippen molar-refractivity contribution in [2.45, 2.75) is 0 Å². The van der Waals surface area contributed by atoms with Crippen LogP contribution in [0.2, 0.25) is 0 Å². The van der Waals surface area contributed by atoms with Gasteiger partial charge in [0.05, 0.1) is 33.5 Å². The van der Waals surface area contributed by atoms with Crippen LogP contribution >= 0.6 is 0 Å². The molecular formula is C71H47N5Si. The molecule has 0 fully saturated rings. The van der Waals surface area contributed by atoms with Crippen LogP contribution in [0.15, 0.2) is 285 Å². The molecule has 0 N–H and O–H groups in total. The van der Waals surface area contributed by atoms with E-state index < -0.39 is 8.07 Å². The quantitative estimate of drug-likeness (QED) is 0.135. The summed E-state index contributed by atoms with van der Waals surface area (Å²) in [6.45, 7) is 0. The fourth-order valence-electron chi connectivity index (χ4n) is 12.1. The molecule has 0 atom stereocenters. The molecule has 6 heteroatoms. The summed E-state index contributed by atoms with van der Waals surface area (Å²) in [5, 5.41) is 8.15. The smallest absolute Gasteiger partial charge is 0.180 e. The molecule has 0 amide bonds. The normalized spacial score (nSPS) is 12.5. The fraction of sp³-hybridized carbons (Fsp3) is 0. The van der Waals surface area contributed by atoms with Crippen molar-refractivity contribution in [1.82, 2.24) is 24.1 Å². The molecular weight excluding hydrogens is 951 g/mol. The van der Waals surface area contributed by atoms with Crippen molar-refractivity contribution in [1.29, 1.82) is 0 Å². The number of imidazole rings is 1. The van der Waals surface area contributed by atoms with Gasteiger partial charge in [-0.2, -0.15) is 0 Å². The molecule has 0 spiro atoms. The minimum atomic E-state index is -2.57. The third kappa shape index (κ3) is 7.25. The first-order valence-corrected chi connectivity index (χ1v) is 28.3. The minimum absolute atomic E-state index is 0.651. The van der Waals surface area contributed by atoms with Crippen molar-refractivity contribution in [3.8, 4) is 78.9 Å². The van der Waals surface area contributed by atoms with Gasteiger partial charge >= 0.3 is 0 Å². The van der Waals surface area contributed by atoms with Gasteiger partial charge in [0.25, 0.3) is 0 Å². The first-order valence-electron chi connectivity index (χ1n) is 26.3. The lowest BCUT2D eigenvalue weighted by Gasteiger charge is -2.31. The molecule has 4 heterocycles. The maximum Gasteiger partial charge on any atom is 0.180 e. The van der Waals surface area contributed by atoms with E-state index in [2.05, 4.69) is 282 Å². The van der Waals surface area contributed by atoms with E-state index >= 15 is 0 Å². The lowest BCUT2D eigenvalue weighted by atomic mass is 9.98. The van der Waals surface area contributed by atoms with Gasteiger partial charge in [0.15, 0.2) is 13.9 Å². The summed E-state index contributed by atoms with van der Waals surface area (Å²) in [5.74, 6) is 1.53. The summed E-state index contributed by atoms with van der Waals surface area (Å²) in [6, 6.07) is 103. The third-order valence-corrected chi connectivity index (χ3v) is 20.6. The van der Waals surface area contributed by atoms with Gasteiger partial charge in [-0.15, -0.1) is 0 Å². The first kappa shape index (κ1) is 44.5. The number of aromatic nitrogens is 5. The van der Waals surface area contributed by atoms with E-state index in [-0.39, 0.29) is 0 Å². The van der Waals surface area contributed by atoms with Crippen LogP contribution in [0.3, 0.4) is 0 Å². The Morgan fingerprint density at radius 3 is 1.40 bits per heavy atom. The highest BCUT2D eigenvalue weighted by Crippen LogP contribution is 2.37. The molecule has 77 heavy (non-hydrogen) atoms. The summed E-state index contributed by atoms with van der Waals surface area (Å²) in [5.41, 5.74) is 17.1. The number of hydrogen-bond donors (Lipinski definition) is 0. The van der Waals surface area contributed by atoms with Crippen LogP contribution in [0.4, 0.5) is 0 Å². The van der Waals surface area contributed by atoms with Gasteiger partial charge in [-0.25, -0.2) is 15.0 Å². The van der Waals surface area contributed by atoms with Crippen LogP contribution in [0, 0.1) is 0 Å². The van der Waals surface area contributed by atoms with Crippen molar-refractivity contribution in [3.63, 3.8) is 0 Å². The van der Waals surface area contributed by atoms with Crippen LogP contribution in [0.1, 0.15) is 0 Å². The zero-order chi connectivity index (χ0) is 50.9. The van der Waals surface area contributed by atoms with Crippen molar-refractivity contribution in [3.05, 3.63) is 285 Å². The summed E-state index contributed by atoms with van der Waals surface area (Å²) in [6.07, 6.45) is 0. The Bertz CT molecular complexity index is 4430. The summed E-state index contributed by atoms with van der Waals surface area (Å²) in [4.78, 5) is 15.8. The molecule has 15 rings (SSSR count). The van der Waals surface area contributed by atoms with Crippen molar-refractivity contribution >= 4 is 61.7 Å². The highest BCUT2D eigenvalue weighted by atomic mass is 28.3. The zero-order valence-electron chi connectivity index (χ0n) is 41.9. The molecule has 11 aromatic carbocycles. The second-order valence-electron chi connectivity index (χ2n) is 19.9. The Hall–Kier alpha value is -10.0. The number of para-hydroxylation sites is 5. The van der Waals surface area contributed by atoms with Crippen molar-refractivity contribution < 1.29 is 0 Å². The van der Waals surface area contributed by atoms with E-state index in [0.717, 1.165) is 67.4 Å². The Kier molecular flexibility index (Phi) is 10.5. The average molecular weight is 998 g/mol. The van der Waals surface area contributed by atoms with E-state index in [1.165, 1.54) is 59.2 Å². The summed E-state index contributed by atoms with van der Waals surface area (Å²) in [7, 11) is -2.57. The van der Waals surface area contributed by atoms with E-state index in [0.29, 0.717) is 5.82 Å². The minimum Gasteiger partial charge on any atom is -0.309 e. The molecule has 0 aliphatic carbocycles. The molecule has 1 aliphatic rings. The third-order valence-electron chi connectivity index (χ3n) is 15.7. The predicted molar refractivity (Wildman–Crippen MR) is 321 cm³/mol. The van der Waals surface area contributed by atoms with Gasteiger partial charge in [-0.05, 0) is 104 Å². The fourth-order valence-corrected chi connectivity index (χ4v) is 17.3. The highest BCUT2D eigenvalue weighted by Gasteiger charge is 2.48. The van der Waals surface area contributed by atoms with Gasteiger partial charge in [-0.1, -0.05) is 224 Å². The second kappa shape index (κ2) is 18.1. The maximum atomic E-state index is 5.34. The topological polar surface area (TPSA) is 48.5 Å². The van der Waals surface area contributed by atoms with Crippen LogP contribution in [0.5, 0.6) is 0 Å². The SMILES string of the molecule is c1ccc(-n2c(-c3ccc(-c4nc(-c5ccc(-c6ccc7c(c6)-c6ccccc6[Si]7(c6ccccc6)c6ccccc6)cc5)cc(-c5ccc(-n6c7ccccc7c7ccccc76)cc5)n4)cc3)nc3ccccc32)cc1. The molecule has 0 saturated carbocycles. The molecule has 1 aliphatic heterocycles. The molecule has 0 unspecified atom stereocenters. The Balaban J connectivity index is 0.827. The zero-order valence-corrected chi connectivity index (χ0v) is 42.9. The number of benzene rings is 11.